The molecule has 0 atom stereocenters. The molecule has 1 saturated heterocycles. The van der Waals surface area contributed by atoms with Crippen LogP contribution < -0.4 is 5.73 Å². The first-order chi connectivity index (χ1) is 9.37. The van der Waals surface area contributed by atoms with Gasteiger partial charge in [-0.25, -0.2) is 8.42 Å². The molecule has 1 aromatic rings. The molecule has 0 amide bonds. The predicted molar refractivity (Wildman–Crippen MR) is 82.3 cm³/mol. The van der Waals surface area contributed by atoms with Crippen molar-refractivity contribution in [1.29, 1.82) is 0 Å². The maximum atomic E-state index is 11.6. The molecule has 1 aliphatic heterocycles. The summed E-state index contributed by atoms with van der Waals surface area (Å²) in [7, 11) is -0.810. The van der Waals surface area contributed by atoms with Crippen molar-refractivity contribution in [3.8, 4) is 0 Å². The van der Waals surface area contributed by atoms with Crippen molar-refractivity contribution < 1.29 is 8.42 Å². The summed E-state index contributed by atoms with van der Waals surface area (Å²) in [6.45, 7) is 3.39. The minimum absolute atomic E-state index is 0.185. The average Bonchev–Trinajstić information content (AvgIpc) is 2.39. The number of likely N-dealkylation sites (N-methyl/N-ethyl adjacent to an activating group) is 1. The summed E-state index contributed by atoms with van der Waals surface area (Å²) in [5, 5.41) is 0. The zero-order valence-electron chi connectivity index (χ0n) is 12.3. The van der Waals surface area contributed by atoms with Gasteiger partial charge in [0.05, 0.1) is 11.5 Å². The summed E-state index contributed by atoms with van der Waals surface area (Å²) < 4.78 is 23.2. The van der Waals surface area contributed by atoms with Gasteiger partial charge in [-0.15, -0.1) is 0 Å². The Labute approximate surface area is 121 Å². The van der Waals surface area contributed by atoms with Crippen molar-refractivity contribution in [1.82, 2.24) is 4.90 Å². The van der Waals surface area contributed by atoms with Crippen LogP contribution in [0.5, 0.6) is 0 Å². The summed E-state index contributed by atoms with van der Waals surface area (Å²) in [6, 6.07) is 8.40. The van der Waals surface area contributed by atoms with Gasteiger partial charge in [-0.2, -0.15) is 0 Å². The van der Waals surface area contributed by atoms with Crippen molar-refractivity contribution in [2.45, 2.75) is 31.8 Å². The second-order valence-electron chi connectivity index (χ2n) is 5.93. The van der Waals surface area contributed by atoms with Gasteiger partial charge in [0.25, 0.3) is 0 Å². The Morgan fingerprint density at radius 3 is 2.50 bits per heavy atom. The van der Waals surface area contributed by atoms with E-state index in [9.17, 15) is 8.42 Å². The van der Waals surface area contributed by atoms with E-state index in [1.165, 1.54) is 11.1 Å². The minimum Gasteiger partial charge on any atom is -0.329 e. The van der Waals surface area contributed by atoms with Gasteiger partial charge in [-0.3, -0.25) is 4.90 Å². The van der Waals surface area contributed by atoms with Crippen LogP contribution in [0.15, 0.2) is 24.3 Å². The highest BCUT2D eigenvalue weighted by atomic mass is 32.2. The molecule has 0 spiro atoms. The Morgan fingerprint density at radius 2 is 1.95 bits per heavy atom. The van der Waals surface area contributed by atoms with E-state index in [1.54, 1.807) is 0 Å². The number of hydrogen-bond acceptors (Lipinski definition) is 4. The number of rotatable bonds is 4. The minimum atomic E-state index is -2.86. The van der Waals surface area contributed by atoms with Gasteiger partial charge in [-0.1, -0.05) is 29.8 Å². The fourth-order valence-electron chi connectivity index (χ4n) is 2.91. The van der Waals surface area contributed by atoms with Crippen LogP contribution >= 0.6 is 0 Å². The normalized spacial score (nSPS) is 21.0. The zero-order chi connectivity index (χ0) is 14.8. The molecule has 1 fully saturated rings. The van der Waals surface area contributed by atoms with Gasteiger partial charge < -0.3 is 5.73 Å². The van der Waals surface area contributed by atoms with Crippen LogP contribution in [0, 0.1) is 6.92 Å². The lowest BCUT2D eigenvalue weighted by Gasteiger charge is -2.43. The van der Waals surface area contributed by atoms with Crippen LogP contribution in [0.2, 0.25) is 0 Å². The van der Waals surface area contributed by atoms with Gasteiger partial charge in [-0.05, 0) is 32.4 Å². The van der Waals surface area contributed by atoms with Crippen molar-refractivity contribution in [2.24, 2.45) is 5.73 Å². The number of hydrogen-bond donors (Lipinski definition) is 1. The molecule has 1 aromatic carbocycles. The van der Waals surface area contributed by atoms with Crippen LogP contribution in [-0.4, -0.2) is 44.0 Å². The molecule has 0 aliphatic carbocycles. The molecule has 1 aliphatic rings. The lowest BCUT2D eigenvalue weighted by Crippen LogP contribution is -2.55. The third-order valence-corrected chi connectivity index (χ3v) is 6.10. The van der Waals surface area contributed by atoms with Crippen molar-refractivity contribution in [3.05, 3.63) is 35.4 Å². The first-order valence-electron chi connectivity index (χ1n) is 7.04. The van der Waals surface area contributed by atoms with Gasteiger partial charge in [0.15, 0.2) is 0 Å². The largest absolute Gasteiger partial charge is 0.329 e. The molecular weight excluding hydrogens is 272 g/mol. The van der Waals surface area contributed by atoms with Crippen LogP contribution in [-0.2, 0) is 16.4 Å². The topological polar surface area (TPSA) is 63.4 Å². The molecule has 0 aromatic heterocycles. The van der Waals surface area contributed by atoms with Crippen LogP contribution in [0.4, 0.5) is 0 Å². The van der Waals surface area contributed by atoms with Crippen LogP contribution in [0.25, 0.3) is 0 Å². The third-order valence-electron chi connectivity index (χ3n) is 4.45. The highest BCUT2D eigenvalue weighted by Crippen LogP contribution is 2.29. The highest BCUT2D eigenvalue weighted by molar-refractivity contribution is 7.91. The Morgan fingerprint density at radius 1 is 1.30 bits per heavy atom. The first kappa shape index (κ1) is 15.5. The van der Waals surface area contributed by atoms with Crippen LogP contribution in [0.1, 0.15) is 24.0 Å². The molecule has 0 unspecified atom stereocenters. The maximum absolute atomic E-state index is 11.6. The van der Waals surface area contributed by atoms with Gasteiger partial charge >= 0.3 is 0 Å². The fourth-order valence-corrected chi connectivity index (χ4v) is 4.50. The Balaban J connectivity index is 2.12. The summed E-state index contributed by atoms with van der Waals surface area (Å²) >= 11 is 0. The Kier molecular flexibility index (Phi) is 4.52. The number of benzene rings is 1. The third kappa shape index (κ3) is 3.40. The van der Waals surface area contributed by atoms with Gasteiger partial charge in [0.2, 0.25) is 0 Å². The van der Waals surface area contributed by atoms with E-state index in [4.69, 9.17) is 5.73 Å². The summed E-state index contributed by atoms with van der Waals surface area (Å²) in [5.74, 6) is 0.505. The first-order valence-corrected chi connectivity index (χ1v) is 8.86. The number of nitrogens with two attached hydrogens (primary N) is 1. The molecule has 0 saturated carbocycles. The monoisotopic (exact) mass is 296 g/mol. The van der Waals surface area contributed by atoms with E-state index in [0.29, 0.717) is 19.4 Å². The van der Waals surface area contributed by atoms with Crippen molar-refractivity contribution in [2.75, 3.05) is 25.1 Å². The second-order valence-corrected chi connectivity index (χ2v) is 8.23. The molecule has 1 heterocycles. The molecule has 4 nitrogen and oxygen atoms in total. The summed E-state index contributed by atoms with van der Waals surface area (Å²) in [5.41, 5.74) is 8.27. The molecule has 112 valence electrons. The van der Waals surface area contributed by atoms with Crippen molar-refractivity contribution >= 4 is 9.84 Å². The predicted octanol–water partition coefficient (Wildman–Crippen LogP) is 1.33. The summed E-state index contributed by atoms with van der Waals surface area (Å²) in [4.78, 5) is 2.23. The summed E-state index contributed by atoms with van der Waals surface area (Å²) in [6.07, 6.45) is 1.27. The van der Waals surface area contributed by atoms with E-state index < -0.39 is 9.84 Å². The standard InChI is InChI=1S/C15H24N2O2S/c1-13-4-3-5-14(10-13)11-17(2)15(12-16)6-8-20(18,19)9-7-15/h3-5,10H,6-9,11-12,16H2,1-2H3. The number of aryl methyl sites for hydroxylation is 1. The molecule has 0 radical (unpaired) electrons. The second kappa shape index (κ2) is 5.84. The smallest absolute Gasteiger partial charge is 0.150 e. The van der Waals surface area contributed by atoms with Crippen molar-refractivity contribution in [3.63, 3.8) is 0 Å². The van der Waals surface area contributed by atoms with E-state index >= 15 is 0 Å². The van der Waals surface area contributed by atoms with E-state index in [-0.39, 0.29) is 17.0 Å². The average molecular weight is 296 g/mol. The molecule has 5 heteroatoms. The number of nitrogens with zero attached hydrogens (tertiary/aromatic N) is 1. The van der Waals surface area contributed by atoms with Gasteiger partial charge in [0, 0.05) is 18.6 Å². The lowest BCUT2D eigenvalue weighted by molar-refractivity contribution is 0.105. The Hall–Kier alpha value is -0.910. The molecule has 2 N–H and O–H groups in total. The molecular formula is C15H24N2O2S. The Bertz CT molecular complexity index is 555. The molecule has 0 bridgehead atoms. The van der Waals surface area contributed by atoms with E-state index in [2.05, 4.69) is 36.1 Å². The van der Waals surface area contributed by atoms with Crippen LogP contribution in [0.3, 0.4) is 0 Å². The zero-order valence-corrected chi connectivity index (χ0v) is 13.1. The SMILES string of the molecule is Cc1cccc(CN(C)C2(CN)CCS(=O)(=O)CC2)c1. The molecule has 2 rings (SSSR count). The maximum Gasteiger partial charge on any atom is 0.150 e. The van der Waals surface area contributed by atoms with E-state index in [0.717, 1.165) is 6.54 Å². The lowest BCUT2D eigenvalue weighted by atomic mass is 9.90. The number of sulfone groups is 1. The molecule has 20 heavy (non-hydrogen) atoms. The quantitative estimate of drug-likeness (QED) is 0.910. The van der Waals surface area contributed by atoms with Gasteiger partial charge in [0.1, 0.15) is 9.84 Å². The highest BCUT2D eigenvalue weighted by Gasteiger charge is 2.39. The van der Waals surface area contributed by atoms with E-state index in [1.807, 2.05) is 7.05 Å². The fraction of sp³-hybridized carbons (Fsp3) is 0.600.